The topological polar surface area (TPSA) is 72.2 Å². The van der Waals surface area contributed by atoms with Gasteiger partial charge in [-0.2, -0.15) is 0 Å². The number of amides is 1. The van der Waals surface area contributed by atoms with Crippen molar-refractivity contribution in [3.63, 3.8) is 0 Å². The average molecular weight is 345 g/mol. The van der Waals surface area contributed by atoms with Crippen molar-refractivity contribution in [2.75, 3.05) is 0 Å². The largest absolute Gasteiger partial charge is 0.345 e. The first-order valence-corrected chi connectivity index (χ1v) is 8.15. The van der Waals surface area contributed by atoms with E-state index in [4.69, 9.17) is 11.6 Å². The second-order valence-corrected chi connectivity index (χ2v) is 6.53. The maximum atomic E-state index is 12.5. The number of nitro groups is 1. The molecule has 0 saturated heterocycles. The Morgan fingerprint density at radius 1 is 1.25 bits per heavy atom. The molecule has 1 aliphatic rings. The fourth-order valence-electron chi connectivity index (χ4n) is 2.70. The van der Waals surface area contributed by atoms with Gasteiger partial charge >= 0.3 is 0 Å². The predicted octanol–water partition coefficient (Wildman–Crippen LogP) is 4.44. The summed E-state index contributed by atoms with van der Waals surface area (Å²) in [5.74, 6) is 0.0891. The first-order chi connectivity index (χ1) is 11.5. The summed E-state index contributed by atoms with van der Waals surface area (Å²) in [4.78, 5) is 22.9. The number of carbonyl (C=O) groups is 1. The summed E-state index contributed by atoms with van der Waals surface area (Å²) in [6.07, 6.45) is 2.14. The van der Waals surface area contributed by atoms with Crippen LogP contribution in [0.1, 0.15) is 40.4 Å². The minimum Gasteiger partial charge on any atom is -0.345 e. The Hall–Kier alpha value is -2.40. The van der Waals surface area contributed by atoms with Crippen LogP contribution in [0.2, 0.25) is 5.02 Å². The minimum absolute atomic E-state index is 0.0221. The Balaban J connectivity index is 1.83. The van der Waals surface area contributed by atoms with Gasteiger partial charge in [-0.05, 0) is 43.4 Å². The number of rotatable bonds is 5. The van der Waals surface area contributed by atoms with Gasteiger partial charge in [-0.3, -0.25) is 14.9 Å². The van der Waals surface area contributed by atoms with Crippen LogP contribution >= 0.6 is 11.6 Å². The molecule has 2 aromatic carbocycles. The van der Waals surface area contributed by atoms with E-state index in [1.807, 2.05) is 31.2 Å². The SMILES string of the molecule is Cc1ccc(C(NC(=O)c2ccc(Cl)c([N+](=O)[O-])c2)C2CC2)cc1. The molecule has 5 nitrogen and oxygen atoms in total. The molecule has 1 amide bonds. The van der Waals surface area contributed by atoms with Crippen molar-refractivity contribution in [3.8, 4) is 0 Å². The lowest BCUT2D eigenvalue weighted by molar-refractivity contribution is -0.384. The first-order valence-electron chi connectivity index (χ1n) is 7.77. The molecular formula is C18H17ClN2O3. The standard InChI is InChI=1S/C18H17ClN2O3/c1-11-2-4-12(5-3-11)17(13-6-7-13)20-18(22)14-8-9-15(19)16(10-14)21(23)24/h2-5,8-10,13,17H,6-7H2,1H3,(H,20,22). The van der Waals surface area contributed by atoms with Gasteiger partial charge < -0.3 is 5.32 Å². The Morgan fingerprint density at radius 3 is 2.50 bits per heavy atom. The molecule has 1 unspecified atom stereocenters. The highest BCUT2D eigenvalue weighted by Gasteiger charge is 2.33. The molecule has 3 rings (SSSR count). The van der Waals surface area contributed by atoms with Gasteiger partial charge in [-0.25, -0.2) is 0 Å². The highest BCUT2D eigenvalue weighted by molar-refractivity contribution is 6.32. The number of hydrogen-bond donors (Lipinski definition) is 1. The van der Waals surface area contributed by atoms with E-state index < -0.39 is 4.92 Å². The minimum atomic E-state index is -0.586. The molecule has 124 valence electrons. The highest BCUT2D eigenvalue weighted by Crippen LogP contribution is 2.41. The van der Waals surface area contributed by atoms with Gasteiger partial charge in [0.2, 0.25) is 0 Å². The molecule has 0 spiro atoms. The Morgan fingerprint density at radius 2 is 1.92 bits per heavy atom. The van der Waals surface area contributed by atoms with Crippen molar-refractivity contribution in [1.29, 1.82) is 0 Å². The van der Waals surface area contributed by atoms with Gasteiger partial charge in [-0.15, -0.1) is 0 Å². The van der Waals surface area contributed by atoms with E-state index in [9.17, 15) is 14.9 Å². The normalized spacial score (nSPS) is 14.9. The molecule has 1 saturated carbocycles. The van der Waals surface area contributed by atoms with E-state index in [0.29, 0.717) is 5.92 Å². The maximum absolute atomic E-state index is 12.5. The van der Waals surface area contributed by atoms with Crippen molar-refractivity contribution in [2.45, 2.75) is 25.8 Å². The van der Waals surface area contributed by atoms with Crippen molar-refractivity contribution in [2.24, 2.45) is 5.92 Å². The average Bonchev–Trinajstić information content (AvgIpc) is 3.38. The molecule has 1 atom stereocenters. The zero-order chi connectivity index (χ0) is 17.3. The molecule has 0 radical (unpaired) electrons. The Bertz CT molecular complexity index is 785. The van der Waals surface area contributed by atoms with Crippen LogP contribution in [-0.2, 0) is 0 Å². The molecule has 0 aliphatic heterocycles. The number of carbonyl (C=O) groups excluding carboxylic acids is 1. The van der Waals surface area contributed by atoms with E-state index in [1.165, 1.54) is 18.2 Å². The van der Waals surface area contributed by atoms with E-state index in [2.05, 4.69) is 5.32 Å². The number of benzene rings is 2. The maximum Gasteiger partial charge on any atom is 0.288 e. The molecule has 0 aromatic heterocycles. The van der Waals surface area contributed by atoms with Crippen LogP contribution in [0, 0.1) is 23.0 Å². The molecule has 1 fully saturated rings. The molecule has 2 aromatic rings. The van der Waals surface area contributed by atoms with Gasteiger partial charge in [0.15, 0.2) is 0 Å². The van der Waals surface area contributed by atoms with Crippen LogP contribution in [-0.4, -0.2) is 10.8 Å². The van der Waals surface area contributed by atoms with Crippen LogP contribution in [0.4, 0.5) is 5.69 Å². The lowest BCUT2D eigenvalue weighted by Gasteiger charge is -2.19. The highest BCUT2D eigenvalue weighted by atomic mass is 35.5. The number of aryl methyl sites for hydroxylation is 1. The third-order valence-corrected chi connectivity index (χ3v) is 4.54. The van der Waals surface area contributed by atoms with E-state index in [1.54, 1.807) is 0 Å². The van der Waals surface area contributed by atoms with Crippen molar-refractivity contribution >= 4 is 23.2 Å². The van der Waals surface area contributed by atoms with Gasteiger partial charge in [0, 0.05) is 11.6 Å². The lowest BCUT2D eigenvalue weighted by Crippen LogP contribution is -2.29. The Kier molecular flexibility index (Phi) is 4.53. The second kappa shape index (κ2) is 6.61. The van der Waals surface area contributed by atoms with E-state index in [-0.39, 0.29) is 28.2 Å². The summed E-state index contributed by atoms with van der Waals surface area (Å²) in [5, 5.41) is 14.0. The molecule has 6 heteroatoms. The van der Waals surface area contributed by atoms with Crippen molar-refractivity contribution in [3.05, 3.63) is 74.3 Å². The molecule has 0 heterocycles. The number of nitro benzene ring substituents is 1. The van der Waals surface area contributed by atoms with Crippen molar-refractivity contribution in [1.82, 2.24) is 5.32 Å². The molecule has 1 N–H and O–H groups in total. The van der Waals surface area contributed by atoms with Crippen LogP contribution in [0.25, 0.3) is 0 Å². The Labute approximate surface area is 144 Å². The van der Waals surface area contributed by atoms with E-state index in [0.717, 1.165) is 24.0 Å². The molecule has 1 aliphatic carbocycles. The lowest BCUT2D eigenvalue weighted by atomic mass is 10.0. The third-order valence-electron chi connectivity index (χ3n) is 4.22. The van der Waals surface area contributed by atoms with Crippen LogP contribution < -0.4 is 5.32 Å². The zero-order valence-corrected chi connectivity index (χ0v) is 13.9. The van der Waals surface area contributed by atoms with Gasteiger partial charge in [0.1, 0.15) is 5.02 Å². The summed E-state index contributed by atoms with van der Waals surface area (Å²) >= 11 is 5.80. The summed E-state index contributed by atoms with van der Waals surface area (Å²) in [5.41, 5.74) is 2.19. The molecular weight excluding hydrogens is 328 g/mol. The number of hydrogen-bond acceptors (Lipinski definition) is 3. The number of nitrogens with one attached hydrogen (secondary N) is 1. The summed E-state index contributed by atoms with van der Waals surface area (Å²) in [6, 6.07) is 12.1. The molecule has 0 bridgehead atoms. The fraction of sp³-hybridized carbons (Fsp3) is 0.278. The number of halogens is 1. The van der Waals surface area contributed by atoms with Crippen LogP contribution in [0.15, 0.2) is 42.5 Å². The summed E-state index contributed by atoms with van der Waals surface area (Å²) < 4.78 is 0. The predicted molar refractivity (Wildman–Crippen MR) is 92.2 cm³/mol. The van der Waals surface area contributed by atoms with Gasteiger partial charge in [0.05, 0.1) is 11.0 Å². The van der Waals surface area contributed by atoms with Gasteiger partial charge in [0.25, 0.3) is 11.6 Å². The molecule has 24 heavy (non-hydrogen) atoms. The van der Waals surface area contributed by atoms with Crippen LogP contribution in [0.5, 0.6) is 0 Å². The third kappa shape index (κ3) is 3.57. The monoisotopic (exact) mass is 344 g/mol. The fourth-order valence-corrected chi connectivity index (χ4v) is 2.88. The van der Waals surface area contributed by atoms with E-state index >= 15 is 0 Å². The zero-order valence-electron chi connectivity index (χ0n) is 13.2. The summed E-state index contributed by atoms with van der Waals surface area (Å²) in [7, 11) is 0. The second-order valence-electron chi connectivity index (χ2n) is 6.12. The summed E-state index contributed by atoms with van der Waals surface area (Å²) in [6.45, 7) is 2.02. The van der Waals surface area contributed by atoms with Gasteiger partial charge in [-0.1, -0.05) is 41.4 Å². The first kappa shape index (κ1) is 16.5. The number of nitrogens with zero attached hydrogens (tertiary/aromatic N) is 1. The quantitative estimate of drug-likeness (QED) is 0.643. The van der Waals surface area contributed by atoms with Crippen molar-refractivity contribution < 1.29 is 9.72 Å². The van der Waals surface area contributed by atoms with Crippen LogP contribution in [0.3, 0.4) is 0 Å². The smallest absolute Gasteiger partial charge is 0.288 e.